The molecule has 0 aliphatic carbocycles. The molecule has 1 heterocycles. The number of ether oxygens (including phenoxy) is 1. The van der Waals surface area contributed by atoms with Crippen LogP contribution in [-0.4, -0.2) is 43.8 Å². The Morgan fingerprint density at radius 2 is 2.13 bits per heavy atom. The molecule has 1 rings (SSSR count). The van der Waals surface area contributed by atoms with Gasteiger partial charge in [-0.05, 0) is 45.8 Å². The largest absolute Gasteiger partial charge is 0.450 e. The summed E-state index contributed by atoms with van der Waals surface area (Å²) in [7, 11) is 0. The molecule has 1 saturated heterocycles. The molecule has 0 aromatic carbocycles. The van der Waals surface area contributed by atoms with Crippen LogP contribution < -0.4 is 5.32 Å². The normalized spacial score (nSPS) is 17.4. The molecule has 0 bridgehead atoms. The molecule has 4 nitrogen and oxygen atoms in total. The number of rotatable bonds is 5. The number of hydrogen-bond acceptors (Lipinski definition) is 3. The van der Waals surface area contributed by atoms with Crippen molar-refractivity contribution in [1.29, 1.82) is 0 Å². The lowest BCUT2D eigenvalue weighted by atomic mass is 10.1. The summed E-state index contributed by atoms with van der Waals surface area (Å²) in [6.07, 6.45) is 4.74. The van der Waals surface area contributed by atoms with Crippen LogP contribution in [0.5, 0.6) is 0 Å². The summed E-state index contributed by atoms with van der Waals surface area (Å²) in [4.78, 5) is 13.4. The number of carbonyl (C=O) groups excluding carboxylic acids is 1. The van der Waals surface area contributed by atoms with E-state index in [4.69, 9.17) is 4.74 Å². The molecule has 0 unspecified atom stereocenters. The van der Waals surface area contributed by atoms with Gasteiger partial charge in [0.05, 0.1) is 6.61 Å². The molecule has 0 radical (unpaired) electrons. The Bertz CT molecular complexity index is 185. The lowest BCUT2D eigenvalue weighted by molar-refractivity contribution is 0.151. The van der Waals surface area contributed by atoms with E-state index in [0.717, 1.165) is 19.5 Å². The summed E-state index contributed by atoms with van der Waals surface area (Å²) >= 11 is 0. The average molecular weight is 216 g/mol. The third-order valence-corrected chi connectivity index (χ3v) is 2.64. The predicted molar refractivity (Wildman–Crippen MR) is 62.0 cm³/mol. The van der Waals surface area contributed by atoms with Gasteiger partial charge in [0.2, 0.25) is 0 Å². The average Bonchev–Trinajstić information content (AvgIpc) is 2.26. The van der Waals surface area contributed by atoms with E-state index in [1.54, 1.807) is 0 Å². The molecule has 90 valence electrons. The Balaban J connectivity index is 0.00000225. The summed E-state index contributed by atoms with van der Waals surface area (Å²) in [5, 5.41) is 2.74. The van der Waals surface area contributed by atoms with Gasteiger partial charge in [-0.25, -0.2) is 4.79 Å². The summed E-state index contributed by atoms with van der Waals surface area (Å²) in [6, 6.07) is 0. The van der Waals surface area contributed by atoms with E-state index in [1.807, 2.05) is 6.92 Å². The molecule has 1 amide bonds. The van der Waals surface area contributed by atoms with Crippen molar-refractivity contribution in [1.82, 2.24) is 10.2 Å². The van der Waals surface area contributed by atoms with Crippen molar-refractivity contribution in [3.63, 3.8) is 0 Å². The van der Waals surface area contributed by atoms with E-state index in [9.17, 15) is 4.79 Å². The molecule has 1 N–H and O–H groups in total. The van der Waals surface area contributed by atoms with Crippen molar-refractivity contribution in [2.24, 2.45) is 0 Å². The predicted octanol–water partition coefficient (Wildman–Crippen LogP) is 1.85. The fourth-order valence-electron chi connectivity index (χ4n) is 1.86. The lowest BCUT2D eigenvalue weighted by Crippen LogP contribution is -2.33. The van der Waals surface area contributed by atoms with E-state index in [2.05, 4.69) is 10.2 Å². The Kier molecular flexibility index (Phi) is 6.16. The van der Waals surface area contributed by atoms with E-state index in [0.29, 0.717) is 6.61 Å². The van der Waals surface area contributed by atoms with Gasteiger partial charge in [-0.2, -0.15) is 0 Å². The van der Waals surface area contributed by atoms with Crippen LogP contribution in [0.4, 0.5) is 4.79 Å². The zero-order valence-corrected chi connectivity index (χ0v) is 9.63. The number of nitrogens with one attached hydrogen (secondary N) is 1. The molecular weight excluding hydrogens is 192 g/mol. The number of alkyl carbamates (subject to hydrolysis) is 1. The highest BCUT2D eigenvalue weighted by molar-refractivity contribution is 5.66. The number of piperidine rings is 1. The van der Waals surface area contributed by atoms with Crippen LogP contribution in [0.2, 0.25) is 0 Å². The maximum Gasteiger partial charge on any atom is 0.407 e. The van der Waals surface area contributed by atoms with Crippen LogP contribution >= 0.6 is 0 Å². The van der Waals surface area contributed by atoms with Crippen LogP contribution in [-0.2, 0) is 4.74 Å². The fraction of sp³-hybridized carbons (Fsp3) is 0.909. The zero-order valence-electron chi connectivity index (χ0n) is 9.63. The molecular formula is C11H24N2O2. The van der Waals surface area contributed by atoms with Gasteiger partial charge in [0, 0.05) is 7.97 Å². The molecule has 0 saturated carbocycles. The smallest absolute Gasteiger partial charge is 0.407 e. The van der Waals surface area contributed by atoms with Crippen LogP contribution in [0.3, 0.4) is 0 Å². The van der Waals surface area contributed by atoms with Gasteiger partial charge in [0.15, 0.2) is 0 Å². The fourth-order valence-corrected chi connectivity index (χ4v) is 1.86. The van der Waals surface area contributed by atoms with Crippen molar-refractivity contribution < 1.29 is 11.0 Å². The first-order valence-electron chi connectivity index (χ1n) is 5.96. The highest BCUT2D eigenvalue weighted by Crippen LogP contribution is 2.08. The molecule has 15 heavy (non-hydrogen) atoms. The number of hydrogen-bond donors (Lipinski definition) is 1. The second-order valence-corrected chi connectivity index (χ2v) is 3.90. The SMILES string of the molecule is CCOC(=O)NCCCN1CCCCC1.[HH]. The lowest BCUT2D eigenvalue weighted by Gasteiger charge is -2.26. The Labute approximate surface area is 93.5 Å². The minimum absolute atomic E-state index is 0. The van der Waals surface area contributed by atoms with Crippen LogP contribution in [0.25, 0.3) is 0 Å². The van der Waals surface area contributed by atoms with E-state index < -0.39 is 0 Å². The quantitative estimate of drug-likeness (QED) is 0.713. The molecule has 0 spiro atoms. The van der Waals surface area contributed by atoms with Crippen LogP contribution in [0.15, 0.2) is 0 Å². The third kappa shape index (κ3) is 5.62. The molecule has 0 aromatic rings. The molecule has 4 heteroatoms. The highest BCUT2D eigenvalue weighted by Gasteiger charge is 2.09. The summed E-state index contributed by atoms with van der Waals surface area (Å²) < 4.78 is 4.77. The van der Waals surface area contributed by atoms with Crippen LogP contribution in [0, 0.1) is 0 Å². The van der Waals surface area contributed by atoms with E-state index in [-0.39, 0.29) is 7.52 Å². The Morgan fingerprint density at radius 1 is 1.40 bits per heavy atom. The second-order valence-electron chi connectivity index (χ2n) is 3.90. The third-order valence-electron chi connectivity index (χ3n) is 2.64. The number of nitrogens with zero attached hydrogens (tertiary/aromatic N) is 1. The van der Waals surface area contributed by atoms with Gasteiger partial charge in [0.1, 0.15) is 0 Å². The topological polar surface area (TPSA) is 41.6 Å². The number of carbonyl (C=O) groups is 1. The standard InChI is InChI=1S/C11H22N2O2.H2/c1-2-15-11(14)12-7-6-10-13-8-4-3-5-9-13;/h2-10H2,1H3,(H,12,14);1H. The van der Waals surface area contributed by atoms with Gasteiger partial charge in [-0.15, -0.1) is 0 Å². The van der Waals surface area contributed by atoms with Crippen molar-refractivity contribution in [2.45, 2.75) is 32.6 Å². The van der Waals surface area contributed by atoms with Gasteiger partial charge in [0.25, 0.3) is 0 Å². The first kappa shape index (κ1) is 12.3. The zero-order chi connectivity index (χ0) is 10.9. The van der Waals surface area contributed by atoms with Crippen molar-refractivity contribution in [2.75, 3.05) is 32.8 Å². The molecule has 1 aliphatic heterocycles. The summed E-state index contributed by atoms with van der Waals surface area (Å²) in [5.74, 6) is 0. The van der Waals surface area contributed by atoms with Crippen molar-refractivity contribution >= 4 is 6.09 Å². The van der Waals surface area contributed by atoms with Crippen molar-refractivity contribution in [3.05, 3.63) is 0 Å². The minimum atomic E-state index is -0.295. The van der Waals surface area contributed by atoms with Gasteiger partial charge in [-0.3, -0.25) is 0 Å². The van der Waals surface area contributed by atoms with E-state index in [1.165, 1.54) is 32.4 Å². The van der Waals surface area contributed by atoms with Crippen LogP contribution in [0.1, 0.15) is 34.0 Å². The first-order valence-corrected chi connectivity index (χ1v) is 5.96. The summed E-state index contributed by atoms with van der Waals surface area (Å²) in [5.41, 5.74) is 0. The maximum absolute atomic E-state index is 10.9. The van der Waals surface area contributed by atoms with Gasteiger partial charge >= 0.3 is 6.09 Å². The van der Waals surface area contributed by atoms with Gasteiger partial charge < -0.3 is 15.0 Å². The molecule has 0 aromatic heterocycles. The first-order chi connectivity index (χ1) is 7.33. The number of amides is 1. The minimum Gasteiger partial charge on any atom is -0.450 e. The van der Waals surface area contributed by atoms with Gasteiger partial charge in [-0.1, -0.05) is 6.42 Å². The molecule has 0 atom stereocenters. The Morgan fingerprint density at radius 3 is 2.80 bits per heavy atom. The monoisotopic (exact) mass is 216 g/mol. The van der Waals surface area contributed by atoms with E-state index >= 15 is 0 Å². The Hall–Kier alpha value is -0.770. The highest BCUT2D eigenvalue weighted by atomic mass is 16.5. The molecule has 1 aliphatic rings. The molecule has 1 fully saturated rings. The van der Waals surface area contributed by atoms with Crippen molar-refractivity contribution in [3.8, 4) is 0 Å². The maximum atomic E-state index is 10.9. The number of likely N-dealkylation sites (tertiary alicyclic amines) is 1. The second kappa shape index (κ2) is 7.51. The summed E-state index contributed by atoms with van der Waals surface area (Å²) in [6.45, 7) is 6.51.